The smallest absolute Gasteiger partial charge is 0.334 e. The van der Waals surface area contributed by atoms with Crippen molar-refractivity contribution in [3.63, 3.8) is 0 Å². The molecule has 0 bridgehead atoms. The number of rotatable bonds is 4. The molecular formula is C17H19N3O5. The predicted molar refractivity (Wildman–Crippen MR) is 87.1 cm³/mol. The zero-order valence-corrected chi connectivity index (χ0v) is 14.0. The standard InChI is InChI=1S/C17H19N3O5/c1-10(2)14-18-15(25-19-14)11-5-3-4-6-12(11)16(21)20-7-8-24-13(9-20)17(22)23/h3-6,10,13H,7-9H2,1-2H3,(H,22,23)/t13-/m0/s1. The van der Waals surface area contributed by atoms with Crippen LogP contribution in [0.3, 0.4) is 0 Å². The first-order chi connectivity index (χ1) is 12.0. The topological polar surface area (TPSA) is 106 Å². The van der Waals surface area contributed by atoms with E-state index in [2.05, 4.69) is 10.1 Å². The van der Waals surface area contributed by atoms with E-state index in [0.29, 0.717) is 23.5 Å². The highest BCUT2D eigenvalue weighted by Gasteiger charge is 2.31. The largest absolute Gasteiger partial charge is 0.479 e. The molecule has 2 heterocycles. The predicted octanol–water partition coefficient (Wildman–Crippen LogP) is 1.79. The van der Waals surface area contributed by atoms with Gasteiger partial charge in [0.25, 0.3) is 11.8 Å². The SMILES string of the molecule is CC(C)c1noc(-c2ccccc2C(=O)N2CCO[C@H](C(=O)O)C2)n1. The zero-order chi connectivity index (χ0) is 18.0. The van der Waals surface area contributed by atoms with Gasteiger partial charge in [-0.3, -0.25) is 4.79 Å². The molecule has 8 heteroatoms. The van der Waals surface area contributed by atoms with Crippen LogP contribution in [0.25, 0.3) is 11.5 Å². The molecule has 1 aliphatic heterocycles. The number of carboxylic acids is 1. The number of nitrogens with zero attached hydrogens (tertiary/aromatic N) is 3. The van der Waals surface area contributed by atoms with Gasteiger partial charge in [0.2, 0.25) is 0 Å². The third kappa shape index (κ3) is 3.53. The van der Waals surface area contributed by atoms with Crippen molar-refractivity contribution in [2.45, 2.75) is 25.9 Å². The van der Waals surface area contributed by atoms with Gasteiger partial charge >= 0.3 is 5.97 Å². The minimum Gasteiger partial charge on any atom is -0.479 e. The lowest BCUT2D eigenvalue weighted by Crippen LogP contribution is -2.48. The van der Waals surface area contributed by atoms with E-state index in [1.54, 1.807) is 24.3 Å². The molecule has 1 atom stereocenters. The van der Waals surface area contributed by atoms with Crippen molar-refractivity contribution in [1.82, 2.24) is 15.0 Å². The number of hydrogen-bond donors (Lipinski definition) is 1. The second-order valence-corrected chi connectivity index (χ2v) is 6.11. The number of carbonyl (C=O) groups is 2. The Morgan fingerprint density at radius 2 is 2.08 bits per heavy atom. The Morgan fingerprint density at radius 1 is 1.32 bits per heavy atom. The fourth-order valence-corrected chi connectivity index (χ4v) is 2.59. The fraction of sp³-hybridized carbons (Fsp3) is 0.412. The Bertz CT molecular complexity index is 786. The Morgan fingerprint density at radius 3 is 2.76 bits per heavy atom. The van der Waals surface area contributed by atoms with E-state index >= 15 is 0 Å². The van der Waals surface area contributed by atoms with Crippen LogP contribution in [0.4, 0.5) is 0 Å². The maximum Gasteiger partial charge on any atom is 0.334 e. The number of ether oxygens (including phenoxy) is 1. The molecular weight excluding hydrogens is 326 g/mol. The van der Waals surface area contributed by atoms with Crippen LogP contribution < -0.4 is 0 Å². The Hall–Kier alpha value is -2.74. The number of carboxylic acid groups (broad SMARTS) is 1. The first-order valence-electron chi connectivity index (χ1n) is 8.04. The van der Waals surface area contributed by atoms with Crippen LogP contribution in [0.1, 0.15) is 35.9 Å². The van der Waals surface area contributed by atoms with Gasteiger partial charge in [0, 0.05) is 12.5 Å². The summed E-state index contributed by atoms with van der Waals surface area (Å²) in [4.78, 5) is 29.8. The van der Waals surface area contributed by atoms with Gasteiger partial charge < -0.3 is 19.3 Å². The molecule has 25 heavy (non-hydrogen) atoms. The number of carbonyl (C=O) groups excluding carboxylic acids is 1. The van der Waals surface area contributed by atoms with Gasteiger partial charge in [-0.05, 0) is 12.1 Å². The summed E-state index contributed by atoms with van der Waals surface area (Å²) >= 11 is 0. The maximum atomic E-state index is 12.9. The average Bonchev–Trinajstić information content (AvgIpc) is 3.11. The van der Waals surface area contributed by atoms with E-state index in [1.165, 1.54) is 4.90 Å². The molecule has 3 rings (SSSR count). The van der Waals surface area contributed by atoms with Crippen molar-refractivity contribution in [1.29, 1.82) is 0 Å². The molecule has 0 aliphatic carbocycles. The lowest BCUT2D eigenvalue weighted by Gasteiger charge is -2.31. The molecule has 2 aromatic rings. The van der Waals surface area contributed by atoms with Crippen LogP contribution in [0.5, 0.6) is 0 Å². The Labute approximate surface area is 144 Å². The van der Waals surface area contributed by atoms with Gasteiger partial charge in [-0.1, -0.05) is 31.1 Å². The lowest BCUT2D eigenvalue weighted by molar-refractivity contribution is -0.154. The van der Waals surface area contributed by atoms with Crippen LogP contribution in [-0.2, 0) is 9.53 Å². The quantitative estimate of drug-likeness (QED) is 0.900. The van der Waals surface area contributed by atoms with E-state index in [-0.39, 0.29) is 30.9 Å². The van der Waals surface area contributed by atoms with Crippen LogP contribution in [-0.4, -0.2) is 57.8 Å². The average molecular weight is 345 g/mol. The molecule has 0 unspecified atom stereocenters. The second-order valence-electron chi connectivity index (χ2n) is 6.11. The van der Waals surface area contributed by atoms with Gasteiger partial charge in [-0.15, -0.1) is 0 Å². The number of aliphatic carboxylic acids is 1. The number of hydrogen-bond acceptors (Lipinski definition) is 6. The van der Waals surface area contributed by atoms with Crippen molar-refractivity contribution in [3.05, 3.63) is 35.7 Å². The monoisotopic (exact) mass is 345 g/mol. The van der Waals surface area contributed by atoms with Crippen molar-refractivity contribution >= 4 is 11.9 Å². The van der Waals surface area contributed by atoms with E-state index in [1.807, 2.05) is 13.8 Å². The van der Waals surface area contributed by atoms with E-state index in [9.17, 15) is 9.59 Å². The minimum atomic E-state index is -1.08. The van der Waals surface area contributed by atoms with E-state index in [0.717, 1.165) is 0 Å². The van der Waals surface area contributed by atoms with Gasteiger partial charge in [0.15, 0.2) is 11.9 Å². The highest BCUT2D eigenvalue weighted by molar-refractivity contribution is 6.00. The van der Waals surface area contributed by atoms with Crippen LogP contribution in [0.2, 0.25) is 0 Å². The van der Waals surface area contributed by atoms with Gasteiger partial charge in [-0.25, -0.2) is 4.79 Å². The van der Waals surface area contributed by atoms with Crippen LogP contribution >= 0.6 is 0 Å². The van der Waals surface area contributed by atoms with Crippen LogP contribution in [0.15, 0.2) is 28.8 Å². The van der Waals surface area contributed by atoms with Crippen molar-refractivity contribution in [2.75, 3.05) is 19.7 Å². The van der Waals surface area contributed by atoms with E-state index < -0.39 is 12.1 Å². The molecule has 0 saturated carbocycles. The van der Waals surface area contributed by atoms with Gasteiger partial charge in [-0.2, -0.15) is 4.98 Å². The molecule has 132 valence electrons. The first-order valence-corrected chi connectivity index (χ1v) is 8.04. The van der Waals surface area contributed by atoms with E-state index in [4.69, 9.17) is 14.4 Å². The maximum absolute atomic E-state index is 12.9. The summed E-state index contributed by atoms with van der Waals surface area (Å²) in [6, 6.07) is 6.93. The number of morpholine rings is 1. The highest BCUT2D eigenvalue weighted by atomic mass is 16.5. The van der Waals surface area contributed by atoms with Gasteiger partial charge in [0.05, 0.1) is 24.3 Å². The van der Waals surface area contributed by atoms with Gasteiger partial charge in [0.1, 0.15) is 0 Å². The summed E-state index contributed by atoms with van der Waals surface area (Å²) in [6.07, 6.45) is -1.01. The molecule has 1 aromatic heterocycles. The summed E-state index contributed by atoms with van der Waals surface area (Å²) in [6.45, 7) is 4.42. The number of benzene rings is 1. The Kier molecular flexibility index (Phi) is 4.80. The molecule has 1 N–H and O–H groups in total. The molecule has 0 spiro atoms. The van der Waals surface area contributed by atoms with Crippen molar-refractivity contribution < 1.29 is 24.0 Å². The van der Waals surface area contributed by atoms with Crippen molar-refractivity contribution in [2.24, 2.45) is 0 Å². The fourth-order valence-electron chi connectivity index (χ4n) is 2.59. The summed E-state index contributed by atoms with van der Waals surface area (Å²) < 4.78 is 10.5. The first kappa shape index (κ1) is 17.1. The third-order valence-corrected chi connectivity index (χ3v) is 3.98. The normalized spacial score (nSPS) is 17.7. The summed E-state index contributed by atoms with van der Waals surface area (Å²) in [5.74, 6) is -0.417. The number of aromatic nitrogens is 2. The molecule has 0 radical (unpaired) electrons. The Balaban J connectivity index is 1.89. The third-order valence-electron chi connectivity index (χ3n) is 3.98. The summed E-state index contributed by atoms with van der Waals surface area (Å²) in [7, 11) is 0. The zero-order valence-electron chi connectivity index (χ0n) is 14.0. The summed E-state index contributed by atoms with van der Waals surface area (Å²) in [5.41, 5.74) is 0.928. The lowest BCUT2D eigenvalue weighted by atomic mass is 10.1. The van der Waals surface area contributed by atoms with Crippen molar-refractivity contribution in [3.8, 4) is 11.5 Å². The summed E-state index contributed by atoms with van der Waals surface area (Å²) in [5, 5.41) is 13.0. The van der Waals surface area contributed by atoms with Crippen LogP contribution in [0, 0.1) is 0 Å². The molecule has 1 amide bonds. The highest BCUT2D eigenvalue weighted by Crippen LogP contribution is 2.25. The molecule has 1 aromatic carbocycles. The molecule has 1 saturated heterocycles. The minimum absolute atomic E-state index is 0.00355. The number of amides is 1. The molecule has 1 fully saturated rings. The molecule has 8 nitrogen and oxygen atoms in total. The molecule has 1 aliphatic rings. The second kappa shape index (κ2) is 7.02.